The number of aromatic nitrogens is 1. The van der Waals surface area contributed by atoms with Crippen molar-refractivity contribution in [3.8, 4) is 0 Å². The molecule has 2 aromatic carbocycles. The van der Waals surface area contributed by atoms with Gasteiger partial charge < -0.3 is 0 Å². The van der Waals surface area contributed by atoms with Gasteiger partial charge in [-0.15, -0.1) is 11.3 Å². The molecule has 3 heterocycles. The van der Waals surface area contributed by atoms with Crippen molar-refractivity contribution in [2.45, 2.75) is 32.4 Å². The third-order valence-corrected chi connectivity index (χ3v) is 6.61. The minimum atomic E-state index is -0.275. The molecule has 0 radical (unpaired) electrons. The number of fused-ring (bicyclic) bond motifs is 1. The lowest BCUT2D eigenvalue weighted by molar-refractivity contribution is -0.121. The second-order valence-electron chi connectivity index (χ2n) is 8.00. The molecule has 1 fully saturated rings. The highest BCUT2D eigenvalue weighted by Gasteiger charge is 2.30. The number of hydrogen-bond donors (Lipinski definition) is 1. The molecule has 2 aliphatic heterocycles. The number of imide groups is 1. The van der Waals surface area contributed by atoms with E-state index in [9.17, 15) is 14.4 Å². The molecule has 32 heavy (non-hydrogen) atoms. The van der Waals surface area contributed by atoms with E-state index in [0.717, 1.165) is 31.7 Å². The van der Waals surface area contributed by atoms with Crippen LogP contribution in [0.1, 0.15) is 40.0 Å². The van der Waals surface area contributed by atoms with Crippen molar-refractivity contribution in [3.63, 3.8) is 0 Å². The first-order chi connectivity index (χ1) is 15.6. The topological polar surface area (TPSA) is 82.6 Å². The van der Waals surface area contributed by atoms with Gasteiger partial charge in [0.05, 0.1) is 11.4 Å². The molecule has 5 rings (SSSR count). The van der Waals surface area contributed by atoms with Crippen LogP contribution in [0.3, 0.4) is 0 Å². The van der Waals surface area contributed by atoms with Crippen molar-refractivity contribution in [1.82, 2.24) is 9.88 Å². The Labute approximate surface area is 189 Å². The third-order valence-electron chi connectivity index (χ3n) is 5.81. The van der Waals surface area contributed by atoms with Gasteiger partial charge in [-0.3, -0.25) is 29.5 Å². The van der Waals surface area contributed by atoms with Gasteiger partial charge >= 0.3 is 0 Å². The quantitative estimate of drug-likeness (QED) is 0.606. The molecule has 0 spiro atoms. The zero-order chi connectivity index (χ0) is 22.1. The molecule has 0 atom stereocenters. The number of nitrogens with zero attached hydrogens (tertiary/aromatic N) is 3. The molecule has 0 bridgehead atoms. The zero-order valence-corrected chi connectivity index (χ0v) is 18.2. The van der Waals surface area contributed by atoms with E-state index in [1.807, 2.05) is 5.38 Å². The van der Waals surface area contributed by atoms with Gasteiger partial charge in [0.2, 0.25) is 11.8 Å². The summed E-state index contributed by atoms with van der Waals surface area (Å²) in [6.45, 7) is 2.64. The summed E-state index contributed by atoms with van der Waals surface area (Å²) in [6.07, 6.45) is 1.50. The van der Waals surface area contributed by atoms with Crippen LogP contribution in [0, 0.1) is 0 Å². The second kappa shape index (κ2) is 8.64. The molecule has 8 heteroatoms. The highest BCUT2D eigenvalue weighted by molar-refractivity contribution is 7.14. The number of carbonyl (C=O) groups is 3. The van der Waals surface area contributed by atoms with Gasteiger partial charge in [0.15, 0.2) is 5.13 Å². The van der Waals surface area contributed by atoms with Crippen LogP contribution in [-0.4, -0.2) is 34.2 Å². The number of benzene rings is 2. The molecule has 3 amide bonds. The smallest absolute Gasteiger partial charge is 0.257 e. The van der Waals surface area contributed by atoms with Crippen molar-refractivity contribution in [2.24, 2.45) is 0 Å². The standard InChI is InChI=1S/C24H22N4O3S/c29-21-9-10-22(30)28(21)20-7-5-17(6-8-20)23(31)26-24-25-19(15-32-24)14-27-12-11-16-3-1-2-4-18(16)13-27/h1-8,15H,9-14H2,(H,25,26,31). The van der Waals surface area contributed by atoms with Gasteiger partial charge in [-0.2, -0.15) is 0 Å². The first-order valence-corrected chi connectivity index (χ1v) is 11.5. The molecular weight excluding hydrogens is 424 g/mol. The van der Waals surface area contributed by atoms with E-state index in [-0.39, 0.29) is 30.6 Å². The maximum atomic E-state index is 12.6. The minimum absolute atomic E-state index is 0.209. The number of amides is 3. The van der Waals surface area contributed by atoms with E-state index in [4.69, 9.17) is 0 Å². The number of anilines is 2. The lowest BCUT2D eigenvalue weighted by Gasteiger charge is -2.27. The van der Waals surface area contributed by atoms with Gasteiger partial charge in [0, 0.05) is 43.4 Å². The first-order valence-electron chi connectivity index (χ1n) is 10.6. The zero-order valence-electron chi connectivity index (χ0n) is 17.4. The Balaban J connectivity index is 1.20. The Hall–Kier alpha value is -3.36. The number of carbonyl (C=O) groups excluding carboxylic acids is 3. The van der Waals surface area contributed by atoms with Gasteiger partial charge in [-0.25, -0.2) is 4.98 Å². The highest BCUT2D eigenvalue weighted by Crippen LogP contribution is 2.25. The summed E-state index contributed by atoms with van der Waals surface area (Å²) >= 11 is 1.40. The Kier molecular flexibility index (Phi) is 5.55. The average molecular weight is 447 g/mol. The summed E-state index contributed by atoms with van der Waals surface area (Å²) < 4.78 is 0. The van der Waals surface area contributed by atoms with Crippen LogP contribution in [0.5, 0.6) is 0 Å². The molecule has 3 aromatic rings. The van der Waals surface area contributed by atoms with Gasteiger partial charge in [-0.05, 0) is 41.8 Å². The summed E-state index contributed by atoms with van der Waals surface area (Å²) in [4.78, 5) is 44.5. The van der Waals surface area contributed by atoms with E-state index >= 15 is 0 Å². The molecule has 162 valence electrons. The number of thiazole rings is 1. The molecule has 1 aromatic heterocycles. The molecule has 1 saturated heterocycles. The van der Waals surface area contributed by atoms with Crippen LogP contribution in [0.25, 0.3) is 0 Å². The van der Waals surface area contributed by atoms with Crippen molar-refractivity contribution in [2.75, 3.05) is 16.8 Å². The van der Waals surface area contributed by atoms with Gasteiger partial charge in [0.25, 0.3) is 5.91 Å². The SMILES string of the molecule is O=C(Nc1nc(CN2CCc3ccccc3C2)cs1)c1ccc(N2C(=O)CCC2=O)cc1. The summed E-state index contributed by atoms with van der Waals surface area (Å²) in [5, 5.41) is 5.37. The Morgan fingerprint density at radius 3 is 2.44 bits per heavy atom. The van der Waals surface area contributed by atoms with Crippen LogP contribution in [0.15, 0.2) is 53.9 Å². The predicted octanol–water partition coefficient (Wildman–Crippen LogP) is 3.61. The van der Waals surface area contributed by atoms with Crippen molar-refractivity contribution in [1.29, 1.82) is 0 Å². The van der Waals surface area contributed by atoms with Crippen LogP contribution in [0.2, 0.25) is 0 Å². The number of nitrogens with one attached hydrogen (secondary N) is 1. The lowest BCUT2D eigenvalue weighted by atomic mass is 10.00. The van der Waals surface area contributed by atoms with Crippen molar-refractivity contribution >= 4 is 39.9 Å². The largest absolute Gasteiger partial charge is 0.298 e. The predicted molar refractivity (Wildman–Crippen MR) is 122 cm³/mol. The van der Waals surface area contributed by atoms with Crippen molar-refractivity contribution in [3.05, 3.63) is 76.3 Å². The third kappa shape index (κ3) is 4.19. The fourth-order valence-corrected chi connectivity index (χ4v) is 4.85. The monoisotopic (exact) mass is 446 g/mol. The fourth-order valence-electron chi connectivity index (χ4n) is 4.15. The molecule has 1 N–H and O–H groups in total. The Morgan fingerprint density at radius 2 is 1.69 bits per heavy atom. The van der Waals surface area contributed by atoms with Crippen LogP contribution in [-0.2, 0) is 29.1 Å². The Bertz CT molecular complexity index is 1170. The molecule has 2 aliphatic rings. The molecule has 0 unspecified atom stereocenters. The van der Waals surface area contributed by atoms with Gasteiger partial charge in [0.1, 0.15) is 0 Å². The lowest BCUT2D eigenvalue weighted by Crippen LogP contribution is -2.30. The second-order valence-corrected chi connectivity index (χ2v) is 8.86. The maximum Gasteiger partial charge on any atom is 0.257 e. The average Bonchev–Trinajstić information content (AvgIpc) is 3.39. The van der Waals surface area contributed by atoms with Gasteiger partial charge in [-0.1, -0.05) is 24.3 Å². The maximum absolute atomic E-state index is 12.6. The molecule has 7 nitrogen and oxygen atoms in total. The van der Waals surface area contributed by atoms with Crippen molar-refractivity contribution < 1.29 is 14.4 Å². The minimum Gasteiger partial charge on any atom is -0.298 e. The first kappa shape index (κ1) is 20.5. The normalized spacial score (nSPS) is 16.3. The van der Waals surface area contributed by atoms with E-state index in [1.54, 1.807) is 24.3 Å². The highest BCUT2D eigenvalue weighted by atomic mass is 32.1. The van der Waals surface area contributed by atoms with Crippen LogP contribution < -0.4 is 10.2 Å². The number of rotatable bonds is 5. The van der Waals surface area contributed by atoms with Crippen LogP contribution >= 0.6 is 11.3 Å². The summed E-state index contributed by atoms with van der Waals surface area (Å²) in [7, 11) is 0. The molecule has 0 aliphatic carbocycles. The van der Waals surface area contributed by atoms with E-state index in [0.29, 0.717) is 16.4 Å². The number of hydrogen-bond acceptors (Lipinski definition) is 6. The summed E-state index contributed by atoms with van der Waals surface area (Å²) in [6, 6.07) is 15.0. The summed E-state index contributed by atoms with van der Waals surface area (Å²) in [5.41, 5.74) is 4.65. The molecule has 0 saturated carbocycles. The van der Waals surface area contributed by atoms with E-state index in [2.05, 4.69) is 39.5 Å². The molecular formula is C24H22N4O3S. The fraction of sp³-hybridized carbons (Fsp3) is 0.250. The Morgan fingerprint density at radius 1 is 0.969 bits per heavy atom. The summed E-state index contributed by atoms with van der Waals surface area (Å²) in [5.74, 6) is -0.692. The van der Waals surface area contributed by atoms with E-state index in [1.165, 1.54) is 27.4 Å². The van der Waals surface area contributed by atoms with E-state index < -0.39 is 0 Å². The van der Waals surface area contributed by atoms with Crippen LogP contribution in [0.4, 0.5) is 10.8 Å².